The topological polar surface area (TPSA) is 50.3 Å². The molecule has 31 heavy (non-hydrogen) atoms. The average Bonchev–Trinajstić information content (AvgIpc) is 2.75. The van der Waals surface area contributed by atoms with E-state index in [-0.39, 0.29) is 45.9 Å². The van der Waals surface area contributed by atoms with Crippen molar-refractivity contribution in [1.82, 2.24) is 9.29 Å². The third-order valence-corrected chi connectivity index (χ3v) is 6.18. The van der Waals surface area contributed by atoms with Crippen molar-refractivity contribution in [2.45, 2.75) is 45.4 Å². The SMILES string of the molecule is Cc1cc(C)nc(C)c1.Cc1ccc(S(=O)(=O)N2C/C=C\CC/C=C/C2)cc1.Cl.Cl.[Pt+2]. The van der Waals surface area contributed by atoms with Gasteiger partial charge in [0.1, 0.15) is 0 Å². The summed E-state index contributed by atoms with van der Waals surface area (Å²) in [5, 5.41) is 0. The predicted octanol–water partition coefficient (Wildman–Crippen LogP) is 5.74. The number of hydrogen-bond donors (Lipinski definition) is 0. The zero-order valence-corrected chi connectivity index (χ0v) is 23.1. The molecule has 4 nitrogen and oxygen atoms in total. The van der Waals surface area contributed by atoms with Gasteiger partial charge in [0.2, 0.25) is 10.0 Å². The fourth-order valence-corrected chi connectivity index (χ4v) is 4.33. The Labute approximate surface area is 214 Å². The van der Waals surface area contributed by atoms with Crippen LogP contribution in [0.3, 0.4) is 0 Å². The van der Waals surface area contributed by atoms with Crippen molar-refractivity contribution in [3.63, 3.8) is 0 Å². The van der Waals surface area contributed by atoms with E-state index >= 15 is 0 Å². The summed E-state index contributed by atoms with van der Waals surface area (Å²) in [5.41, 5.74) is 4.56. The van der Waals surface area contributed by atoms with E-state index in [1.807, 2.05) is 57.2 Å². The van der Waals surface area contributed by atoms with Crippen molar-refractivity contribution in [2.75, 3.05) is 13.1 Å². The van der Waals surface area contributed by atoms with Crippen LogP contribution in [0.25, 0.3) is 0 Å². The summed E-state index contributed by atoms with van der Waals surface area (Å²) in [6.07, 6.45) is 9.86. The van der Waals surface area contributed by atoms with Crippen LogP contribution in [-0.4, -0.2) is 30.8 Å². The van der Waals surface area contributed by atoms with Crippen LogP contribution in [-0.2, 0) is 31.1 Å². The smallest absolute Gasteiger partial charge is 0.258 e. The minimum Gasteiger partial charge on any atom is -0.258 e. The monoisotopic (exact) mass is 665 g/mol. The largest absolute Gasteiger partial charge is 2.00 e. The van der Waals surface area contributed by atoms with Crippen molar-refractivity contribution in [2.24, 2.45) is 0 Å². The Kier molecular flexibility index (Phi) is 16.4. The minimum atomic E-state index is -3.40. The van der Waals surface area contributed by atoms with Gasteiger partial charge in [-0.2, -0.15) is 4.31 Å². The van der Waals surface area contributed by atoms with Crippen LogP contribution in [0.1, 0.15) is 35.4 Å². The summed E-state index contributed by atoms with van der Waals surface area (Å²) in [7, 11) is -3.40. The number of halogens is 2. The van der Waals surface area contributed by atoms with E-state index in [4.69, 9.17) is 0 Å². The number of pyridine rings is 1. The first-order valence-electron chi connectivity index (χ1n) is 9.58. The molecule has 3 rings (SSSR count). The molecular formula is C23H32Cl2N2O2PtS+2. The second kappa shape index (κ2) is 15.8. The standard InChI is InChI=1S/C15H19NO2S.C8H11N.2ClH.Pt/c1-14-8-10-15(11-9-14)19(17,18)16-12-6-4-2-3-5-7-13-16;1-6-4-7(2)9-8(3)5-6;;;/h4-11H,2-3,12-13H2,1H3;4-5H,1-3H3;2*1H;/q;;;;+2/b6-4-,7-5+;;;;. The number of rotatable bonds is 2. The summed E-state index contributed by atoms with van der Waals surface area (Å²) in [4.78, 5) is 4.59. The molecule has 0 unspecified atom stereocenters. The van der Waals surface area contributed by atoms with Crippen LogP contribution in [0.15, 0.2) is 65.6 Å². The van der Waals surface area contributed by atoms with Gasteiger partial charge in [-0.1, -0.05) is 42.0 Å². The number of allylic oxidation sites excluding steroid dienone is 2. The van der Waals surface area contributed by atoms with Gasteiger partial charge in [-0.3, -0.25) is 4.98 Å². The first-order valence-corrected chi connectivity index (χ1v) is 11.0. The summed E-state index contributed by atoms with van der Waals surface area (Å²) in [6, 6.07) is 11.2. The molecular weight excluding hydrogens is 634 g/mol. The molecule has 0 radical (unpaired) electrons. The molecule has 0 bridgehead atoms. The van der Waals surface area contributed by atoms with Gasteiger partial charge in [0, 0.05) is 24.5 Å². The van der Waals surface area contributed by atoms with Crippen LogP contribution >= 0.6 is 24.8 Å². The maximum atomic E-state index is 12.5. The molecule has 0 fully saturated rings. The zero-order valence-electron chi connectivity index (χ0n) is 18.4. The third kappa shape index (κ3) is 10.9. The van der Waals surface area contributed by atoms with E-state index < -0.39 is 10.0 Å². The van der Waals surface area contributed by atoms with E-state index in [0.29, 0.717) is 18.0 Å². The van der Waals surface area contributed by atoms with Gasteiger partial charge in [-0.05, 0) is 70.4 Å². The van der Waals surface area contributed by atoms with E-state index in [1.165, 1.54) is 9.87 Å². The van der Waals surface area contributed by atoms with E-state index in [9.17, 15) is 8.42 Å². The molecule has 0 aliphatic carbocycles. The van der Waals surface area contributed by atoms with Gasteiger partial charge in [-0.25, -0.2) is 8.42 Å². The van der Waals surface area contributed by atoms with Gasteiger partial charge in [0.25, 0.3) is 0 Å². The molecule has 1 aromatic heterocycles. The number of nitrogens with zero attached hydrogens (tertiary/aromatic N) is 2. The van der Waals surface area contributed by atoms with Crippen molar-refractivity contribution < 1.29 is 29.5 Å². The first kappa shape index (κ1) is 32.2. The number of sulfonamides is 1. The molecule has 8 heteroatoms. The summed E-state index contributed by atoms with van der Waals surface area (Å²) in [5.74, 6) is 0. The Morgan fingerprint density at radius 2 is 1.19 bits per heavy atom. The Hall–Kier alpha value is -0.972. The van der Waals surface area contributed by atoms with Crippen LogP contribution in [0.5, 0.6) is 0 Å². The Morgan fingerprint density at radius 1 is 0.742 bits per heavy atom. The molecule has 174 valence electrons. The van der Waals surface area contributed by atoms with E-state index in [2.05, 4.69) is 24.0 Å². The van der Waals surface area contributed by atoms with Crippen molar-refractivity contribution in [3.8, 4) is 0 Å². The third-order valence-electron chi connectivity index (χ3n) is 4.34. The van der Waals surface area contributed by atoms with Crippen LogP contribution in [0.4, 0.5) is 0 Å². The maximum Gasteiger partial charge on any atom is 2.00 e. The van der Waals surface area contributed by atoms with Gasteiger partial charge in [0.15, 0.2) is 0 Å². The molecule has 2 heterocycles. The molecule has 1 aliphatic heterocycles. The quantitative estimate of drug-likeness (QED) is 0.385. The van der Waals surface area contributed by atoms with Crippen molar-refractivity contribution in [3.05, 3.63) is 83.2 Å². The second-order valence-corrected chi connectivity index (χ2v) is 9.02. The van der Waals surface area contributed by atoms with Crippen LogP contribution in [0, 0.1) is 27.7 Å². The van der Waals surface area contributed by atoms with Crippen LogP contribution in [0.2, 0.25) is 0 Å². The first-order chi connectivity index (χ1) is 13.3. The summed E-state index contributed by atoms with van der Waals surface area (Å²) in [6.45, 7) is 8.92. The Bertz CT molecular complexity index is 880. The maximum absolute atomic E-state index is 12.5. The molecule has 0 atom stereocenters. The minimum absolute atomic E-state index is 0. The average molecular weight is 667 g/mol. The number of benzene rings is 1. The molecule has 0 amide bonds. The Balaban J connectivity index is 0. The summed E-state index contributed by atoms with van der Waals surface area (Å²) >= 11 is 0. The number of aromatic nitrogens is 1. The van der Waals surface area contributed by atoms with Gasteiger partial charge >= 0.3 is 21.1 Å². The molecule has 2 aromatic rings. The van der Waals surface area contributed by atoms with E-state index in [0.717, 1.165) is 29.8 Å². The van der Waals surface area contributed by atoms with Gasteiger partial charge in [0.05, 0.1) is 4.90 Å². The number of hydrogen-bond acceptors (Lipinski definition) is 3. The van der Waals surface area contributed by atoms with Gasteiger partial charge in [-0.15, -0.1) is 24.8 Å². The molecule has 1 aliphatic rings. The molecule has 0 N–H and O–H groups in total. The molecule has 0 saturated carbocycles. The fraction of sp³-hybridized carbons (Fsp3) is 0.348. The van der Waals surface area contributed by atoms with E-state index in [1.54, 1.807) is 12.1 Å². The number of aryl methyl sites for hydroxylation is 4. The fourth-order valence-electron chi connectivity index (χ4n) is 2.99. The van der Waals surface area contributed by atoms with Crippen molar-refractivity contribution in [1.29, 1.82) is 0 Å². The molecule has 0 spiro atoms. The Morgan fingerprint density at radius 3 is 1.61 bits per heavy atom. The van der Waals surface area contributed by atoms with Crippen molar-refractivity contribution >= 4 is 34.8 Å². The normalized spacial score (nSPS) is 15.7. The molecule has 1 aromatic carbocycles. The predicted molar refractivity (Wildman–Crippen MR) is 130 cm³/mol. The van der Waals surface area contributed by atoms with Gasteiger partial charge < -0.3 is 0 Å². The molecule has 0 saturated heterocycles. The van der Waals surface area contributed by atoms with Crippen LogP contribution < -0.4 is 0 Å². The second-order valence-electron chi connectivity index (χ2n) is 7.08. The summed E-state index contributed by atoms with van der Waals surface area (Å²) < 4.78 is 26.6. The zero-order chi connectivity index (χ0) is 20.6.